The van der Waals surface area contributed by atoms with Crippen LogP contribution >= 0.6 is 0 Å². The third-order valence-electron chi connectivity index (χ3n) is 12.0. The fraction of sp³-hybridized carbons (Fsp3) is 0.542. The maximum absolute atomic E-state index is 13.9. The summed E-state index contributed by atoms with van der Waals surface area (Å²) in [6.07, 6.45) is -16.3. The van der Waals surface area contributed by atoms with Gasteiger partial charge in [0.1, 0.15) is 48.8 Å². The summed E-state index contributed by atoms with van der Waals surface area (Å²) in [5.41, 5.74) is 1.74. The molecule has 11 atom stereocenters. The Morgan fingerprint density at radius 3 is 1.75 bits per heavy atom. The highest BCUT2D eigenvalue weighted by Gasteiger charge is 2.49. The number of ether oxygens (including phenoxy) is 7. The Bertz CT molecular complexity index is 2420. The number of sulfone groups is 2. The maximum Gasteiger partial charge on any atom is 0.408 e. The van der Waals surface area contributed by atoms with E-state index < -0.39 is 135 Å². The molecule has 5 rings (SSSR count). The van der Waals surface area contributed by atoms with E-state index in [1.54, 1.807) is 45.0 Å². The molecule has 0 bridgehead atoms. The number of amides is 2. The molecule has 0 aromatic heterocycles. The first kappa shape index (κ1) is 57.9. The van der Waals surface area contributed by atoms with Gasteiger partial charge in [-0.3, -0.25) is 9.59 Å². The Labute approximate surface area is 417 Å². The van der Waals surface area contributed by atoms with Gasteiger partial charge >= 0.3 is 12.1 Å². The van der Waals surface area contributed by atoms with Gasteiger partial charge in [0.2, 0.25) is 0 Å². The van der Waals surface area contributed by atoms with Gasteiger partial charge in [0.25, 0.3) is 5.91 Å². The minimum absolute atomic E-state index is 0.00851. The summed E-state index contributed by atoms with van der Waals surface area (Å²) >= 11 is 0. The number of benzene rings is 3. The summed E-state index contributed by atoms with van der Waals surface area (Å²) in [4.78, 5) is 53.1. The monoisotopic (exact) mass is 1050 g/mol. The van der Waals surface area contributed by atoms with Crippen LogP contribution in [0.1, 0.15) is 58.0 Å². The maximum atomic E-state index is 13.9. The smallest absolute Gasteiger partial charge is 0.408 e. The van der Waals surface area contributed by atoms with Crippen molar-refractivity contribution in [3.8, 4) is 0 Å². The van der Waals surface area contributed by atoms with Crippen molar-refractivity contribution in [1.82, 2.24) is 10.6 Å². The van der Waals surface area contributed by atoms with E-state index >= 15 is 0 Å². The van der Waals surface area contributed by atoms with E-state index in [0.717, 1.165) is 11.1 Å². The fourth-order valence-electron chi connectivity index (χ4n) is 7.92. The number of methoxy groups -OCH3 is 2. The molecule has 0 spiro atoms. The number of aryl methyl sites for hydroxylation is 2. The predicted octanol–water partition coefficient (Wildman–Crippen LogP) is 0.540. The third kappa shape index (κ3) is 15.3. The van der Waals surface area contributed by atoms with Crippen LogP contribution in [0.3, 0.4) is 0 Å². The first-order chi connectivity index (χ1) is 34.1. The summed E-state index contributed by atoms with van der Waals surface area (Å²) in [6, 6.07) is 16.0. The molecular weight excluding hydrogens is 989 g/mol. The number of esters is 1. The Morgan fingerprint density at radius 2 is 1.21 bits per heavy atom. The van der Waals surface area contributed by atoms with E-state index in [1.807, 2.05) is 0 Å². The highest BCUT2D eigenvalue weighted by Crippen LogP contribution is 2.28. The lowest BCUT2D eigenvalue weighted by atomic mass is 9.98. The average molecular weight is 1050 g/mol. The first-order valence-electron chi connectivity index (χ1n) is 23.1. The van der Waals surface area contributed by atoms with Crippen molar-refractivity contribution >= 4 is 43.4 Å². The second-order valence-electron chi connectivity index (χ2n) is 17.5. The second-order valence-corrected chi connectivity index (χ2v) is 21.5. The number of aliphatic hydroxyl groups is 5. The molecule has 24 heteroatoms. The van der Waals surface area contributed by atoms with Gasteiger partial charge in [-0.1, -0.05) is 47.5 Å². The molecule has 0 saturated carbocycles. The second kappa shape index (κ2) is 26.3. The molecule has 2 amide bonds. The summed E-state index contributed by atoms with van der Waals surface area (Å²) < 4.78 is 91.4. The van der Waals surface area contributed by atoms with Crippen LogP contribution < -0.4 is 10.6 Å². The van der Waals surface area contributed by atoms with E-state index in [4.69, 9.17) is 33.2 Å². The Morgan fingerprint density at radius 1 is 0.667 bits per heavy atom. The lowest BCUT2D eigenvalue weighted by Gasteiger charge is -2.43. The molecule has 2 fully saturated rings. The van der Waals surface area contributed by atoms with Crippen LogP contribution in [0.4, 0.5) is 4.79 Å². The van der Waals surface area contributed by atoms with Gasteiger partial charge in [-0.15, -0.1) is 0 Å². The van der Waals surface area contributed by atoms with Crippen LogP contribution in [0.15, 0.2) is 82.6 Å². The number of nitrogens with one attached hydrogen (secondary N) is 2. The van der Waals surface area contributed by atoms with Crippen molar-refractivity contribution in [3.05, 3.63) is 95.1 Å². The van der Waals surface area contributed by atoms with Crippen LogP contribution in [0.5, 0.6) is 0 Å². The Hall–Kier alpha value is -4.96. The minimum Gasteiger partial charge on any atom is -0.464 e. The predicted molar refractivity (Wildman–Crippen MR) is 253 cm³/mol. The van der Waals surface area contributed by atoms with Gasteiger partial charge in [-0.2, -0.15) is 0 Å². The van der Waals surface area contributed by atoms with Crippen molar-refractivity contribution < 1.29 is 94.7 Å². The zero-order chi connectivity index (χ0) is 52.9. The molecular formula is C48H64N2O20S2. The molecule has 2 heterocycles. The van der Waals surface area contributed by atoms with Gasteiger partial charge in [-0.25, -0.2) is 26.4 Å². The molecule has 2 aliphatic heterocycles. The van der Waals surface area contributed by atoms with E-state index in [0.29, 0.717) is 0 Å². The van der Waals surface area contributed by atoms with Crippen molar-refractivity contribution in [3.63, 3.8) is 0 Å². The molecule has 398 valence electrons. The van der Waals surface area contributed by atoms with Gasteiger partial charge in [0.05, 0.1) is 47.0 Å². The Balaban J connectivity index is 1.16. The number of ketones is 1. The number of carbonyl (C=O) groups excluding carboxylic acids is 4. The van der Waals surface area contributed by atoms with Crippen LogP contribution in [-0.2, 0) is 57.6 Å². The number of Topliss-reactive ketones (excluding diaryl/α,β-unsaturated/α-hetero) is 1. The standard InChI is InChI=1S/C48H64N2O20S2/c1-6-66-45(58)34(50-48(59)70-43-39(53)36(68-46(65-5)42(43)56)24-67-47-41(55)40(54)38(52)35(69-47)23-64-4)9-7-8-22-49-44(57)30-16-14-29(15-17-30)37(51)31(25-71(60,61)32-18-10-27(2)11-19-32)26-72(62,63)33-20-12-28(3)13-21-33/h10-21,31,34-36,38-43,46-47,52-56H,6-9,22-26H2,1-5H3,(H,49,57)(H,50,59)/t34-,35?,36?,38+,39+,40?,41?,42?,43?,46-,47-/m1/s1. The average Bonchev–Trinajstić information content (AvgIpc) is 3.34. The molecule has 2 aliphatic rings. The molecule has 6 unspecified atom stereocenters. The molecule has 2 saturated heterocycles. The van der Waals surface area contributed by atoms with Crippen molar-refractivity contribution in [2.24, 2.45) is 5.92 Å². The van der Waals surface area contributed by atoms with Gasteiger partial charge in [0, 0.05) is 31.9 Å². The quantitative estimate of drug-likeness (QED) is 0.0366. The normalized spacial score (nSPS) is 25.0. The minimum atomic E-state index is -4.13. The lowest BCUT2D eigenvalue weighted by molar-refractivity contribution is -0.328. The van der Waals surface area contributed by atoms with Gasteiger partial charge in [-0.05, 0) is 76.4 Å². The lowest BCUT2D eigenvalue weighted by Crippen LogP contribution is -2.62. The SMILES string of the molecule is CCOC(=O)[C@@H](CCCCNC(=O)c1ccc(C(=O)C(CS(=O)(=O)c2ccc(C)cc2)CS(=O)(=O)c2ccc(C)cc2)cc1)NC(=O)OC1C(O)[C@H](OC)OC(CO[C@@H]2OC(COC)[C@H](O)C(O)C2O)[C@@H]1O. The van der Waals surface area contributed by atoms with Crippen LogP contribution in [0.25, 0.3) is 0 Å². The zero-order valence-electron chi connectivity index (χ0n) is 40.4. The highest BCUT2D eigenvalue weighted by molar-refractivity contribution is 7.92. The summed E-state index contributed by atoms with van der Waals surface area (Å²) in [7, 11) is -5.75. The molecule has 0 radical (unpaired) electrons. The first-order valence-corrected chi connectivity index (χ1v) is 26.4. The van der Waals surface area contributed by atoms with Crippen molar-refractivity contribution in [1.29, 1.82) is 0 Å². The third-order valence-corrected chi connectivity index (χ3v) is 15.7. The van der Waals surface area contributed by atoms with Gasteiger partial charge < -0.3 is 69.3 Å². The van der Waals surface area contributed by atoms with Gasteiger partial charge in [0.15, 0.2) is 44.1 Å². The van der Waals surface area contributed by atoms with Crippen molar-refractivity contribution in [2.75, 3.05) is 52.1 Å². The van der Waals surface area contributed by atoms with Crippen LogP contribution in [0, 0.1) is 19.8 Å². The van der Waals surface area contributed by atoms with Crippen LogP contribution in [-0.4, -0.2) is 186 Å². The molecule has 0 aliphatic carbocycles. The molecule has 22 nitrogen and oxygen atoms in total. The number of hydrogen-bond donors (Lipinski definition) is 7. The molecule has 3 aromatic rings. The molecule has 7 N–H and O–H groups in total. The summed E-state index contributed by atoms with van der Waals surface area (Å²) in [6.45, 7) is 4.45. The van der Waals surface area contributed by atoms with E-state index in [-0.39, 0.29) is 59.9 Å². The number of aliphatic hydroxyl groups excluding tert-OH is 5. The zero-order valence-corrected chi connectivity index (χ0v) is 42.0. The van der Waals surface area contributed by atoms with E-state index in [2.05, 4.69) is 10.6 Å². The topological polar surface area (TPSA) is 326 Å². The molecule has 72 heavy (non-hydrogen) atoms. The number of rotatable bonds is 24. The summed E-state index contributed by atoms with van der Waals surface area (Å²) in [5.74, 6) is -5.18. The number of hydrogen-bond acceptors (Lipinski definition) is 20. The van der Waals surface area contributed by atoms with Crippen molar-refractivity contribution in [2.45, 2.75) is 117 Å². The molecule has 3 aromatic carbocycles. The fourth-order valence-corrected chi connectivity index (χ4v) is 11.2. The largest absolute Gasteiger partial charge is 0.464 e. The number of alkyl carbamates (subject to hydrolysis) is 1. The Kier molecular flexibility index (Phi) is 21.2. The van der Waals surface area contributed by atoms with Crippen LogP contribution in [0.2, 0.25) is 0 Å². The highest BCUT2D eigenvalue weighted by atomic mass is 32.2. The number of unbranched alkanes of at least 4 members (excludes halogenated alkanes) is 1. The number of carbonyl (C=O) groups is 4. The van der Waals surface area contributed by atoms with E-state index in [1.165, 1.54) is 62.8 Å². The summed E-state index contributed by atoms with van der Waals surface area (Å²) in [5, 5.41) is 58.0. The van der Waals surface area contributed by atoms with E-state index in [9.17, 15) is 61.5 Å².